The first-order chi connectivity index (χ1) is 14.2. The number of rotatable bonds is 8. The first kappa shape index (κ1) is 26.0. The average molecular weight is 444 g/mol. The zero-order valence-electron chi connectivity index (χ0n) is 17.8. The summed E-state index contributed by atoms with van der Waals surface area (Å²) >= 11 is 0. The van der Waals surface area contributed by atoms with Crippen molar-refractivity contribution in [1.82, 2.24) is 0 Å². The van der Waals surface area contributed by atoms with Gasteiger partial charge in [-0.1, -0.05) is 42.0 Å². The van der Waals surface area contributed by atoms with Crippen LogP contribution in [0.15, 0.2) is 48.3 Å². The molecule has 0 aromatic heterocycles. The molecule has 2 fully saturated rings. The van der Waals surface area contributed by atoms with Crippen LogP contribution in [-0.4, -0.2) is 40.4 Å². The third kappa shape index (κ3) is 6.39. The fraction of sp³-hybridized carbons (Fsp3) is 0.522. The quantitative estimate of drug-likeness (QED) is 0.314. The number of unbranched alkanes of at least 4 members (excludes halogenated alkanes) is 1. The van der Waals surface area contributed by atoms with Crippen molar-refractivity contribution < 1.29 is 63.2 Å². The Hall–Kier alpha value is -1.25. The Bertz CT molecular complexity index is 826. The number of hydrogen-bond donors (Lipinski definition) is 2. The van der Waals surface area contributed by atoms with Gasteiger partial charge in [0.1, 0.15) is 6.10 Å². The van der Waals surface area contributed by atoms with Gasteiger partial charge < -0.3 is 24.9 Å². The number of carbonyl (C=O) groups excluding carboxylic acids is 1. The normalized spacial score (nSPS) is 28.9. The number of carboxylic acid groups (broad SMARTS) is 1. The van der Waals surface area contributed by atoms with E-state index in [1.54, 1.807) is 0 Å². The topological polar surface area (TPSA) is 89.8 Å². The van der Waals surface area contributed by atoms with Crippen molar-refractivity contribution in [2.75, 3.05) is 0 Å². The standard InChI is InChI=1S/C23H28F2O5.Na/c1-14-5-4-6-15(11-14)12-16(26)9-10-17-18(27)13-19-22(17)23(24,25)20(30-19)7-2-3-8-21(28)29;/h4-7,9-11,16-19,22,26-27H,2-3,8,12-13H2,1H3,(H,28,29);/q;+1/p-1/b10-9?,20-7+;/t16-,17+,18-,19+,22-;/m1./s1. The molecule has 1 aromatic rings. The summed E-state index contributed by atoms with van der Waals surface area (Å²) in [5.41, 5.74) is 2.01. The van der Waals surface area contributed by atoms with E-state index in [0.29, 0.717) is 6.42 Å². The van der Waals surface area contributed by atoms with E-state index in [9.17, 15) is 28.9 Å². The van der Waals surface area contributed by atoms with Gasteiger partial charge in [-0.25, -0.2) is 0 Å². The van der Waals surface area contributed by atoms with Crippen LogP contribution < -0.4 is 34.7 Å². The molecule has 1 aliphatic heterocycles. The third-order valence-electron chi connectivity index (χ3n) is 5.76. The molecule has 1 saturated carbocycles. The number of allylic oxidation sites excluding steroid dienone is 2. The number of carboxylic acids is 1. The van der Waals surface area contributed by atoms with Gasteiger partial charge in [-0.15, -0.1) is 0 Å². The Kier molecular flexibility index (Phi) is 9.27. The number of ether oxygens (including phenoxy) is 1. The molecular formula is C23H27F2NaO5. The number of carbonyl (C=O) groups is 1. The molecule has 1 saturated heterocycles. The Morgan fingerprint density at radius 2 is 2.16 bits per heavy atom. The fourth-order valence-corrected chi connectivity index (χ4v) is 4.35. The zero-order valence-corrected chi connectivity index (χ0v) is 19.8. The number of hydrogen-bond acceptors (Lipinski definition) is 5. The van der Waals surface area contributed by atoms with E-state index in [4.69, 9.17) is 4.74 Å². The second-order valence-corrected chi connectivity index (χ2v) is 8.16. The molecule has 2 N–H and O–H groups in total. The minimum Gasteiger partial charge on any atom is -0.550 e. The van der Waals surface area contributed by atoms with E-state index in [0.717, 1.165) is 11.1 Å². The smallest absolute Gasteiger partial charge is 0.550 e. The molecule has 0 radical (unpaired) electrons. The van der Waals surface area contributed by atoms with Gasteiger partial charge >= 0.3 is 35.5 Å². The predicted molar refractivity (Wildman–Crippen MR) is 104 cm³/mol. The number of aliphatic carboxylic acids is 1. The molecule has 31 heavy (non-hydrogen) atoms. The van der Waals surface area contributed by atoms with E-state index in [2.05, 4.69) is 0 Å². The number of alkyl halides is 2. The summed E-state index contributed by atoms with van der Waals surface area (Å²) in [6.07, 6.45) is 2.11. The molecule has 0 bridgehead atoms. The Balaban J connectivity index is 0.00000341. The molecule has 164 valence electrons. The summed E-state index contributed by atoms with van der Waals surface area (Å²) in [5, 5.41) is 31.0. The molecule has 3 rings (SSSR count). The molecular weight excluding hydrogens is 417 g/mol. The summed E-state index contributed by atoms with van der Waals surface area (Å²) < 4.78 is 35.3. The van der Waals surface area contributed by atoms with E-state index in [1.165, 1.54) is 18.2 Å². The molecule has 2 aliphatic rings. The van der Waals surface area contributed by atoms with Crippen LogP contribution in [-0.2, 0) is 16.0 Å². The predicted octanol–water partition coefficient (Wildman–Crippen LogP) is -0.706. The molecule has 1 aromatic carbocycles. The van der Waals surface area contributed by atoms with E-state index >= 15 is 0 Å². The summed E-state index contributed by atoms with van der Waals surface area (Å²) in [7, 11) is 0. The molecule has 5 atom stereocenters. The third-order valence-corrected chi connectivity index (χ3v) is 5.76. The van der Waals surface area contributed by atoms with Gasteiger partial charge in [0.25, 0.3) is 0 Å². The minimum atomic E-state index is -3.26. The SMILES string of the molecule is Cc1cccc(C[C@H](O)C=C[C@@H]2[C@@H]3[C@H](C[C@H]2O)O/C(=C/CCCC(=O)[O-])C3(F)F)c1.[Na+]. The van der Waals surface area contributed by atoms with Crippen LogP contribution >= 0.6 is 0 Å². The van der Waals surface area contributed by atoms with Crippen molar-refractivity contribution in [3.05, 3.63) is 59.4 Å². The van der Waals surface area contributed by atoms with Crippen LogP contribution in [0.2, 0.25) is 0 Å². The van der Waals surface area contributed by atoms with Crippen LogP contribution in [0.25, 0.3) is 0 Å². The van der Waals surface area contributed by atoms with Gasteiger partial charge in [0.05, 0.1) is 18.1 Å². The number of benzene rings is 1. The maximum atomic E-state index is 15.0. The van der Waals surface area contributed by atoms with Crippen LogP contribution in [0, 0.1) is 18.8 Å². The van der Waals surface area contributed by atoms with Crippen LogP contribution in [0.1, 0.15) is 36.8 Å². The summed E-state index contributed by atoms with van der Waals surface area (Å²) in [4.78, 5) is 10.5. The molecule has 1 aliphatic carbocycles. The van der Waals surface area contributed by atoms with Crippen LogP contribution in [0.4, 0.5) is 8.78 Å². The van der Waals surface area contributed by atoms with Crippen molar-refractivity contribution in [3.8, 4) is 0 Å². The van der Waals surface area contributed by atoms with Crippen molar-refractivity contribution in [3.63, 3.8) is 0 Å². The number of aliphatic hydroxyl groups excluding tert-OH is 2. The van der Waals surface area contributed by atoms with Crippen LogP contribution in [0.3, 0.4) is 0 Å². The van der Waals surface area contributed by atoms with Gasteiger partial charge in [0, 0.05) is 24.7 Å². The molecule has 0 unspecified atom stereocenters. The van der Waals surface area contributed by atoms with Gasteiger partial charge in [-0.05, 0) is 37.8 Å². The molecule has 8 heteroatoms. The minimum absolute atomic E-state index is 0. The first-order valence-corrected chi connectivity index (χ1v) is 10.2. The second kappa shape index (κ2) is 11.1. The van der Waals surface area contributed by atoms with Gasteiger partial charge in [0.15, 0.2) is 5.76 Å². The monoisotopic (exact) mass is 444 g/mol. The molecule has 0 spiro atoms. The summed E-state index contributed by atoms with van der Waals surface area (Å²) in [5.74, 6) is -7.00. The largest absolute Gasteiger partial charge is 1.00 e. The Morgan fingerprint density at radius 1 is 1.42 bits per heavy atom. The summed E-state index contributed by atoms with van der Waals surface area (Å²) in [6.45, 7) is 1.95. The van der Waals surface area contributed by atoms with Crippen molar-refractivity contribution in [1.29, 1.82) is 0 Å². The molecule has 1 heterocycles. The van der Waals surface area contributed by atoms with Gasteiger partial charge in [0.2, 0.25) is 0 Å². The van der Waals surface area contributed by atoms with Crippen molar-refractivity contribution in [2.45, 2.75) is 63.3 Å². The Labute approximate surface area is 203 Å². The Morgan fingerprint density at radius 3 is 2.84 bits per heavy atom. The molecule has 0 amide bonds. The van der Waals surface area contributed by atoms with Crippen molar-refractivity contribution >= 4 is 5.97 Å². The number of aryl methyl sites for hydroxylation is 1. The first-order valence-electron chi connectivity index (χ1n) is 10.2. The number of aliphatic hydroxyl groups is 2. The second-order valence-electron chi connectivity index (χ2n) is 8.16. The van der Waals surface area contributed by atoms with Gasteiger partial charge in [-0.2, -0.15) is 8.78 Å². The van der Waals surface area contributed by atoms with Crippen molar-refractivity contribution in [2.24, 2.45) is 11.8 Å². The summed E-state index contributed by atoms with van der Waals surface area (Å²) in [6, 6.07) is 7.69. The van der Waals surface area contributed by atoms with E-state index in [1.807, 2.05) is 31.2 Å². The van der Waals surface area contributed by atoms with E-state index in [-0.39, 0.29) is 55.2 Å². The van der Waals surface area contributed by atoms with E-state index < -0.39 is 47.8 Å². The average Bonchev–Trinajstić information content (AvgIpc) is 3.09. The molecule has 5 nitrogen and oxygen atoms in total. The maximum Gasteiger partial charge on any atom is 1.00 e. The number of fused-ring (bicyclic) bond motifs is 1. The maximum absolute atomic E-state index is 15.0. The zero-order chi connectivity index (χ0) is 21.9. The number of halogens is 2. The van der Waals surface area contributed by atoms with Gasteiger partial charge in [-0.3, -0.25) is 0 Å². The fourth-order valence-electron chi connectivity index (χ4n) is 4.35. The van der Waals surface area contributed by atoms with Crippen LogP contribution in [0.5, 0.6) is 0 Å².